The molecule has 0 bridgehead atoms. The number of hydrogen-bond acceptors (Lipinski definition) is 10. The number of halogens is 1. The van der Waals surface area contributed by atoms with Gasteiger partial charge in [-0.2, -0.15) is 14.8 Å². The van der Waals surface area contributed by atoms with Crippen molar-refractivity contribution in [2.45, 2.75) is 50.6 Å². The summed E-state index contributed by atoms with van der Waals surface area (Å²) in [6.07, 6.45) is -3.06. The molecule has 26 heavy (non-hydrogen) atoms. The van der Waals surface area contributed by atoms with Gasteiger partial charge in [0.2, 0.25) is 0 Å². The molecule has 5 atom stereocenters. The highest BCUT2D eigenvalue weighted by molar-refractivity contribution is 5.75. The van der Waals surface area contributed by atoms with Crippen LogP contribution in [0.25, 0.3) is 0 Å². The summed E-state index contributed by atoms with van der Waals surface area (Å²) in [5.41, 5.74) is 7.80. The third-order valence-electron chi connectivity index (χ3n) is 4.20. The van der Waals surface area contributed by atoms with Gasteiger partial charge in [-0.25, -0.2) is 9.18 Å². The fraction of sp³-hybridized carbons (Fsp3) is 0.714. The zero-order chi connectivity index (χ0) is 19.9. The van der Waals surface area contributed by atoms with Crippen LogP contribution in [-0.4, -0.2) is 61.7 Å². The van der Waals surface area contributed by atoms with Crippen LogP contribution in [0.1, 0.15) is 20.8 Å². The summed E-state index contributed by atoms with van der Waals surface area (Å²) in [6, 6.07) is -1.00. The molecule has 0 spiro atoms. The van der Waals surface area contributed by atoms with Crippen LogP contribution in [0.3, 0.4) is 0 Å². The van der Waals surface area contributed by atoms with Gasteiger partial charge >= 0.3 is 11.7 Å². The Balaban J connectivity index is 2.25. The first-order chi connectivity index (χ1) is 11.9. The molecule has 1 saturated heterocycles. The van der Waals surface area contributed by atoms with Crippen molar-refractivity contribution < 1.29 is 28.9 Å². The highest BCUT2D eigenvalue weighted by Gasteiger charge is 2.63. The van der Waals surface area contributed by atoms with Gasteiger partial charge in [0.15, 0.2) is 12.3 Å². The van der Waals surface area contributed by atoms with E-state index in [2.05, 4.69) is 10.1 Å². The number of aliphatic hydroxyl groups is 2. The van der Waals surface area contributed by atoms with Crippen LogP contribution in [0, 0.1) is 5.92 Å². The van der Waals surface area contributed by atoms with Crippen LogP contribution in [-0.2, 0) is 20.0 Å². The lowest BCUT2D eigenvalue weighted by atomic mass is 10.0. The quantitative estimate of drug-likeness (QED) is 0.415. The van der Waals surface area contributed by atoms with Gasteiger partial charge in [-0.1, -0.05) is 13.8 Å². The minimum absolute atomic E-state index is 0.189. The van der Waals surface area contributed by atoms with Gasteiger partial charge in [0.25, 0.3) is 5.85 Å². The van der Waals surface area contributed by atoms with Gasteiger partial charge in [0, 0.05) is 0 Å². The summed E-state index contributed by atoms with van der Waals surface area (Å²) in [4.78, 5) is 27.1. The molecule has 0 amide bonds. The first kappa shape index (κ1) is 20.2. The van der Waals surface area contributed by atoms with Crippen LogP contribution in [0.2, 0.25) is 0 Å². The summed E-state index contributed by atoms with van der Waals surface area (Å²) in [7, 11) is 0. The zero-order valence-electron chi connectivity index (χ0n) is 14.5. The van der Waals surface area contributed by atoms with Crippen LogP contribution >= 0.6 is 0 Å². The molecule has 1 aliphatic heterocycles. The molecule has 1 aromatic rings. The lowest BCUT2D eigenvalue weighted by molar-refractivity contribution is -0.248. The molecular formula is C14H22FN5O6. The molecule has 1 aliphatic rings. The lowest BCUT2D eigenvalue weighted by Gasteiger charge is -2.28. The molecule has 2 rings (SSSR count). The number of ether oxygens (including phenoxy) is 2. The third-order valence-corrected chi connectivity index (χ3v) is 4.20. The van der Waals surface area contributed by atoms with E-state index in [4.69, 9.17) is 20.9 Å². The van der Waals surface area contributed by atoms with Crippen molar-refractivity contribution in [1.82, 2.24) is 14.8 Å². The molecule has 0 aliphatic carbocycles. The average Bonchev–Trinajstić information content (AvgIpc) is 2.73. The Kier molecular flexibility index (Phi) is 5.33. The number of nitrogens with zero attached hydrogens (tertiary/aromatic N) is 3. The van der Waals surface area contributed by atoms with Gasteiger partial charge in [-0.05, 0) is 12.8 Å². The minimum Gasteiger partial charge on any atom is -0.458 e. The van der Waals surface area contributed by atoms with Crippen LogP contribution < -0.4 is 17.2 Å². The number of hydrogen-bond donors (Lipinski definition) is 4. The van der Waals surface area contributed by atoms with Crippen molar-refractivity contribution in [1.29, 1.82) is 0 Å². The maximum absolute atomic E-state index is 15.0. The Morgan fingerprint density at radius 3 is 2.65 bits per heavy atom. The molecule has 1 fully saturated rings. The SMILES string of the molecule is CC(C)[C@H](N)C(=O)OC[C@@]1(F)O[C@@](C)(n2ncc(N)nc2=O)[C@H](O)[C@@H]1O. The number of carbonyl (C=O) groups is 1. The fourth-order valence-electron chi connectivity index (χ4n) is 2.47. The third kappa shape index (κ3) is 3.40. The number of carbonyl (C=O) groups excluding carboxylic acids is 1. The number of nitrogen functional groups attached to an aromatic ring is 1. The molecule has 0 unspecified atom stereocenters. The maximum Gasteiger partial charge on any atom is 0.368 e. The van der Waals surface area contributed by atoms with Crippen molar-refractivity contribution in [2.24, 2.45) is 11.7 Å². The molecule has 0 radical (unpaired) electrons. The molecule has 12 heteroatoms. The minimum atomic E-state index is -3.00. The first-order valence-corrected chi connectivity index (χ1v) is 7.82. The summed E-state index contributed by atoms with van der Waals surface area (Å²) < 4.78 is 25.4. The number of alkyl halides is 1. The van der Waals surface area contributed by atoms with Gasteiger partial charge < -0.3 is 31.2 Å². The van der Waals surface area contributed by atoms with Crippen LogP contribution in [0.4, 0.5) is 10.2 Å². The molecule has 146 valence electrons. The molecule has 0 saturated carbocycles. The van der Waals surface area contributed by atoms with E-state index >= 15 is 4.39 Å². The monoisotopic (exact) mass is 375 g/mol. The molecule has 0 aromatic carbocycles. The first-order valence-electron chi connectivity index (χ1n) is 7.82. The van der Waals surface area contributed by atoms with E-state index in [0.29, 0.717) is 4.68 Å². The Morgan fingerprint density at radius 1 is 1.50 bits per heavy atom. The molecule has 1 aromatic heterocycles. The predicted octanol–water partition coefficient (Wildman–Crippen LogP) is -2.16. The summed E-state index contributed by atoms with van der Waals surface area (Å²) >= 11 is 0. The highest BCUT2D eigenvalue weighted by Crippen LogP contribution is 2.41. The van der Waals surface area contributed by atoms with E-state index in [9.17, 15) is 19.8 Å². The van der Waals surface area contributed by atoms with Crippen LogP contribution in [0.15, 0.2) is 11.0 Å². The van der Waals surface area contributed by atoms with Crippen molar-refractivity contribution >= 4 is 11.8 Å². The second kappa shape index (κ2) is 6.87. The molecule has 11 nitrogen and oxygen atoms in total. The number of aliphatic hydroxyl groups excluding tert-OH is 2. The van der Waals surface area contributed by atoms with Gasteiger partial charge in [0.1, 0.15) is 24.1 Å². The van der Waals surface area contributed by atoms with E-state index in [-0.39, 0.29) is 11.7 Å². The Hall–Kier alpha value is -2.15. The summed E-state index contributed by atoms with van der Waals surface area (Å²) in [5.74, 6) is -4.35. The molecule has 2 heterocycles. The predicted molar refractivity (Wildman–Crippen MR) is 85.1 cm³/mol. The number of nitrogens with two attached hydrogens (primary N) is 2. The smallest absolute Gasteiger partial charge is 0.368 e. The standard InChI is InChI=1S/C14H22FN5O6/c1-6(2)8(17)11(23)25-5-14(15)10(22)9(21)13(3,26-14)20-12(24)19-7(16)4-18-20/h4,6,8-10,21-22H,5,17H2,1-3H3,(H2,16,19,24)/t8-,9+,10-,13+,14+/m0/s1. The largest absolute Gasteiger partial charge is 0.458 e. The summed E-state index contributed by atoms with van der Waals surface area (Å²) in [6.45, 7) is 3.42. The van der Waals surface area contributed by atoms with Gasteiger partial charge in [0.05, 0.1) is 6.20 Å². The number of anilines is 1. The number of rotatable bonds is 5. The summed E-state index contributed by atoms with van der Waals surface area (Å²) in [5, 5.41) is 23.9. The number of aromatic nitrogens is 3. The topological polar surface area (TPSA) is 176 Å². The van der Waals surface area contributed by atoms with E-state index in [1.165, 1.54) is 0 Å². The van der Waals surface area contributed by atoms with Crippen molar-refractivity contribution in [2.75, 3.05) is 12.3 Å². The maximum atomic E-state index is 15.0. The second-order valence-electron chi connectivity index (χ2n) is 6.59. The lowest BCUT2D eigenvalue weighted by Crippen LogP contribution is -2.49. The average molecular weight is 375 g/mol. The van der Waals surface area contributed by atoms with Crippen molar-refractivity contribution in [3.05, 3.63) is 16.7 Å². The van der Waals surface area contributed by atoms with Gasteiger partial charge in [-0.3, -0.25) is 4.79 Å². The van der Waals surface area contributed by atoms with Gasteiger partial charge in [-0.15, -0.1) is 0 Å². The zero-order valence-corrected chi connectivity index (χ0v) is 14.5. The van der Waals surface area contributed by atoms with E-state index < -0.39 is 48.1 Å². The molecular weight excluding hydrogens is 353 g/mol. The van der Waals surface area contributed by atoms with Crippen molar-refractivity contribution in [3.8, 4) is 0 Å². The van der Waals surface area contributed by atoms with Crippen molar-refractivity contribution in [3.63, 3.8) is 0 Å². The molecule has 6 N–H and O–H groups in total. The second-order valence-corrected chi connectivity index (χ2v) is 6.59. The normalized spacial score (nSPS) is 32.6. The Bertz CT molecular complexity index is 745. The Labute approximate surface area is 147 Å². The van der Waals surface area contributed by atoms with Crippen LogP contribution in [0.5, 0.6) is 0 Å². The Morgan fingerprint density at radius 2 is 2.12 bits per heavy atom. The van der Waals surface area contributed by atoms with E-state index in [1.807, 2.05) is 0 Å². The number of esters is 1. The fourth-order valence-corrected chi connectivity index (χ4v) is 2.47. The van der Waals surface area contributed by atoms with E-state index in [1.54, 1.807) is 13.8 Å². The van der Waals surface area contributed by atoms with E-state index in [0.717, 1.165) is 13.1 Å². The highest BCUT2D eigenvalue weighted by atomic mass is 19.2.